The molecule has 5 heteroatoms. The van der Waals surface area contributed by atoms with Crippen molar-refractivity contribution in [2.75, 3.05) is 7.11 Å². The van der Waals surface area contributed by atoms with Crippen molar-refractivity contribution >= 4 is 21.7 Å². The van der Waals surface area contributed by atoms with E-state index in [4.69, 9.17) is 4.74 Å². The zero-order valence-electron chi connectivity index (χ0n) is 11.6. The second-order valence-corrected chi connectivity index (χ2v) is 5.48. The molecule has 3 nitrogen and oxygen atoms in total. The minimum Gasteiger partial charge on any atom is -0.496 e. The molecule has 0 bridgehead atoms. The molecule has 0 aromatic heterocycles. The van der Waals surface area contributed by atoms with E-state index in [0.29, 0.717) is 16.9 Å². The van der Waals surface area contributed by atoms with Crippen molar-refractivity contribution < 1.29 is 19.0 Å². The van der Waals surface area contributed by atoms with E-state index in [1.165, 1.54) is 18.2 Å². The molecule has 0 aliphatic rings. The Labute approximate surface area is 130 Å². The molecule has 0 saturated heterocycles. The maximum atomic E-state index is 13.2. The fourth-order valence-electron chi connectivity index (χ4n) is 2.02. The van der Waals surface area contributed by atoms with Crippen LogP contribution in [0.1, 0.15) is 27.6 Å². The number of Topliss-reactive ketones (excluding diaryl/α,β-unsaturated/α-hetero) is 1. The summed E-state index contributed by atoms with van der Waals surface area (Å²) in [5.41, 5.74) is 1.51. The van der Waals surface area contributed by atoms with E-state index < -0.39 is 17.7 Å². The molecule has 2 aromatic rings. The molecule has 0 spiro atoms. The molecule has 1 atom stereocenters. The van der Waals surface area contributed by atoms with Crippen LogP contribution in [0.2, 0.25) is 0 Å². The Bertz CT molecular complexity index is 685. The molecule has 2 rings (SSSR count). The van der Waals surface area contributed by atoms with Crippen LogP contribution in [0, 0.1) is 12.7 Å². The molecule has 0 aliphatic carbocycles. The topological polar surface area (TPSA) is 46.5 Å². The second kappa shape index (κ2) is 6.37. The van der Waals surface area contributed by atoms with Gasteiger partial charge in [0.25, 0.3) is 0 Å². The number of benzene rings is 2. The molecule has 0 aliphatic heterocycles. The maximum absolute atomic E-state index is 13.2. The monoisotopic (exact) mass is 352 g/mol. The molecule has 0 fully saturated rings. The normalized spacial score (nSPS) is 12.0. The minimum absolute atomic E-state index is 0.206. The molecule has 0 saturated carbocycles. The van der Waals surface area contributed by atoms with Gasteiger partial charge in [-0.3, -0.25) is 4.79 Å². The van der Waals surface area contributed by atoms with Crippen LogP contribution in [0.15, 0.2) is 40.9 Å². The number of methoxy groups -OCH3 is 1. The van der Waals surface area contributed by atoms with E-state index >= 15 is 0 Å². The van der Waals surface area contributed by atoms with Gasteiger partial charge in [0.05, 0.1) is 11.6 Å². The van der Waals surface area contributed by atoms with Gasteiger partial charge in [-0.05, 0) is 64.3 Å². The molecule has 0 amide bonds. The Morgan fingerprint density at radius 2 is 2.00 bits per heavy atom. The third-order valence-corrected chi connectivity index (χ3v) is 3.79. The Morgan fingerprint density at radius 1 is 1.29 bits per heavy atom. The highest BCUT2D eigenvalue weighted by Crippen LogP contribution is 2.26. The summed E-state index contributed by atoms with van der Waals surface area (Å²) < 4.78 is 18.5. The van der Waals surface area contributed by atoms with Crippen molar-refractivity contribution in [3.63, 3.8) is 0 Å². The van der Waals surface area contributed by atoms with E-state index in [0.717, 1.165) is 5.56 Å². The van der Waals surface area contributed by atoms with E-state index in [1.54, 1.807) is 25.3 Å². The predicted octanol–water partition coefficient (Wildman–Crippen LogP) is 3.82. The number of aryl methyl sites for hydroxylation is 1. The predicted molar refractivity (Wildman–Crippen MR) is 81.1 cm³/mol. The van der Waals surface area contributed by atoms with Crippen LogP contribution in [0.3, 0.4) is 0 Å². The molecule has 21 heavy (non-hydrogen) atoms. The number of rotatable bonds is 4. The van der Waals surface area contributed by atoms with Gasteiger partial charge in [0.15, 0.2) is 5.78 Å². The zero-order chi connectivity index (χ0) is 15.6. The van der Waals surface area contributed by atoms with Crippen molar-refractivity contribution in [3.8, 4) is 5.75 Å². The number of carbonyl (C=O) groups is 1. The third kappa shape index (κ3) is 3.31. The quantitative estimate of drug-likeness (QED) is 0.850. The number of halogens is 2. The van der Waals surface area contributed by atoms with Gasteiger partial charge in [0.2, 0.25) is 0 Å². The van der Waals surface area contributed by atoms with Gasteiger partial charge < -0.3 is 9.84 Å². The number of hydrogen-bond donors (Lipinski definition) is 1. The smallest absolute Gasteiger partial charge is 0.195 e. The Morgan fingerprint density at radius 3 is 2.57 bits per heavy atom. The summed E-state index contributed by atoms with van der Waals surface area (Å²) in [6, 6.07) is 8.91. The van der Waals surface area contributed by atoms with Crippen LogP contribution in [-0.4, -0.2) is 18.0 Å². The summed E-state index contributed by atoms with van der Waals surface area (Å²) >= 11 is 3.04. The van der Waals surface area contributed by atoms with E-state index in [9.17, 15) is 14.3 Å². The summed E-state index contributed by atoms with van der Waals surface area (Å²) in [6.07, 6.45) is -1.34. The van der Waals surface area contributed by atoms with Crippen molar-refractivity contribution in [3.05, 3.63) is 63.4 Å². The number of aliphatic hydroxyl groups excluding tert-OH is 1. The fraction of sp³-hybridized carbons (Fsp3) is 0.188. The molecule has 110 valence electrons. The van der Waals surface area contributed by atoms with Gasteiger partial charge in [-0.2, -0.15) is 0 Å². The summed E-state index contributed by atoms with van der Waals surface area (Å²) in [4.78, 5) is 12.3. The second-order valence-electron chi connectivity index (χ2n) is 4.62. The molecule has 1 N–H and O–H groups in total. The summed E-state index contributed by atoms with van der Waals surface area (Å²) in [6.45, 7) is 1.82. The lowest BCUT2D eigenvalue weighted by molar-refractivity contribution is 0.0747. The average Bonchev–Trinajstić information content (AvgIpc) is 2.48. The lowest BCUT2D eigenvalue weighted by Gasteiger charge is -2.12. The van der Waals surface area contributed by atoms with Gasteiger partial charge >= 0.3 is 0 Å². The van der Waals surface area contributed by atoms with Gasteiger partial charge in [-0.1, -0.05) is 6.07 Å². The maximum Gasteiger partial charge on any atom is 0.195 e. The van der Waals surface area contributed by atoms with Crippen molar-refractivity contribution in [1.82, 2.24) is 0 Å². The van der Waals surface area contributed by atoms with Crippen LogP contribution < -0.4 is 4.74 Å². The van der Waals surface area contributed by atoms with E-state index in [-0.39, 0.29) is 4.47 Å². The summed E-state index contributed by atoms with van der Waals surface area (Å²) in [7, 11) is 1.55. The van der Waals surface area contributed by atoms with E-state index in [2.05, 4.69) is 15.9 Å². The zero-order valence-corrected chi connectivity index (χ0v) is 13.1. The Hall–Kier alpha value is -1.72. The molecule has 0 unspecified atom stereocenters. The summed E-state index contributed by atoms with van der Waals surface area (Å²) in [5.74, 6) is -0.219. The highest BCUT2D eigenvalue weighted by molar-refractivity contribution is 9.10. The van der Waals surface area contributed by atoms with Crippen molar-refractivity contribution in [2.45, 2.75) is 13.0 Å². The first-order valence-electron chi connectivity index (χ1n) is 6.26. The van der Waals surface area contributed by atoms with E-state index in [1.807, 2.05) is 6.92 Å². The minimum atomic E-state index is -1.34. The highest BCUT2D eigenvalue weighted by atomic mass is 79.9. The number of aliphatic hydroxyl groups is 1. The van der Waals surface area contributed by atoms with Gasteiger partial charge in [0.1, 0.15) is 17.7 Å². The molecule has 0 radical (unpaired) electrons. The molecule has 0 heterocycles. The number of ketones is 1. The van der Waals surface area contributed by atoms with Crippen LogP contribution >= 0.6 is 15.9 Å². The van der Waals surface area contributed by atoms with Crippen molar-refractivity contribution in [2.24, 2.45) is 0 Å². The molecular weight excluding hydrogens is 339 g/mol. The Kier molecular flexibility index (Phi) is 4.75. The number of carbonyl (C=O) groups excluding carboxylic acids is 1. The SMILES string of the molecule is COc1ccc(C(=O)[C@H](O)c2ccc(F)c(Br)c2)cc1C. The van der Waals surface area contributed by atoms with Gasteiger partial charge in [0, 0.05) is 5.56 Å². The van der Waals surface area contributed by atoms with Crippen LogP contribution in [0.25, 0.3) is 0 Å². The molecular formula is C16H14BrFO3. The first kappa shape index (κ1) is 15.7. The third-order valence-electron chi connectivity index (χ3n) is 3.19. The number of ether oxygens (including phenoxy) is 1. The number of hydrogen-bond acceptors (Lipinski definition) is 3. The van der Waals surface area contributed by atoms with Crippen LogP contribution in [-0.2, 0) is 0 Å². The van der Waals surface area contributed by atoms with Crippen LogP contribution in [0.4, 0.5) is 4.39 Å². The van der Waals surface area contributed by atoms with Crippen molar-refractivity contribution in [1.29, 1.82) is 0 Å². The standard InChI is InChI=1S/C16H14BrFO3/c1-9-7-10(4-6-14(9)21-2)15(19)16(20)11-3-5-13(18)12(17)8-11/h3-8,16,20H,1-2H3/t16-/m1/s1. The Balaban J connectivity index is 2.30. The first-order valence-corrected chi connectivity index (χ1v) is 7.05. The van der Waals surface area contributed by atoms with Gasteiger partial charge in [-0.15, -0.1) is 0 Å². The lowest BCUT2D eigenvalue weighted by Crippen LogP contribution is -2.12. The lowest BCUT2D eigenvalue weighted by atomic mass is 9.98. The first-order chi connectivity index (χ1) is 9.93. The summed E-state index contributed by atoms with van der Waals surface area (Å²) in [5, 5.41) is 10.2. The van der Waals surface area contributed by atoms with Crippen LogP contribution in [0.5, 0.6) is 5.75 Å². The largest absolute Gasteiger partial charge is 0.496 e. The average molecular weight is 353 g/mol. The van der Waals surface area contributed by atoms with Gasteiger partial charge in [-0.25, -0.2) is 4.39 Å². The highest BCUT2D eigenvalue weighted by Gasteiger charge is 2.20. The molecule has 2 aromatic carbocycles. The fourth-order valence-corrected chi connectivity index (χ4v) is 2.42.